The summed E-state index contributed by atoms with van der Waals surface area (Å²) in [6, 6.07) is 11.0. The van der Waals surface area contributed by atoms with Crippen LogP contribution < -0.4 is 10.9 Å². The summed E-state index contributed by atoms with van der Waals surface area (Å²) in [5, 5.41) is 7.64. The van der Waals surface area contributed by atoms with Gasteiger partial charge < -0.3 is 5.32 Å². The second kappa shape index (κ2) is 9.80. The van der Waals surface area contributed by atoms with E-state index in [1.54, 1.807) is 31.5 Å². The molecule has 0 fully saturated rings. The molecule has 0 saturated heterocycles. The van der Waals surface area contributed by atoms with Gasteiger partial charge in [-0.25, -0.2) is 4.68 Å². The topological polar surface area (TPSA) is 76.9 Å². The van der Waals surface area contributed by atoms with Crippen molar-refractivity contribution in [2.45, 2.75) is 32.9 Å². The van der Waals surface area contributed by atoms with Gasteiger partial charge in [0.15, 0.2) is 0 Å². The van der Waals surface area contributed by atoms with Crippen LogP contribution >= 0.6 is 27.5 Å². The summed E-state index contributed by atoms with van der Waals surface area (Å²) in [7, 11) is 0. The average molecular weight is 476 g/mol. The molecule has 0 atom stereocenters. The molecule has 0 unspecified atom stereocenters. The third kappa shape index (κ3) is 5.74. The highest BCUT2D eigenvalue weighted by molar-refractivity contribution is 9.10. The van der Waals surface area contributed by atoms with Crippen molar-refractivity contribution < 1.29 is 4.79 Å². The third-order valence-corrected chi connectivity index (χ3v) is 5.50. The van der Waals surface area contributed by atoms with Crippen molar-refractivity contribution in [3.05, 3.63) is 91.0 Å². The smallest absolute Gasteiger partial charge is 0.270 e. The van der Waals surface area contributed by atoms with Crippen LogP contribution in [-0.4, -0.2) is 20.7 Å². The summed E-state index contributed by atoms with van der Waals surface area (Å²) in [5.74, 6) is -0.237. The SMILES string of the molecule is Cc1cnn(CCc2ccccn2)c(=O)c1CC(=O)NCc1cc(Cl)ccc1Br. The summed E-state index contributed by atoms with van der Waals surface area (Å²) in [4.78, 5) is 29.5. The first-order valence-electron chi connectivity index (χ1n) is 9.10. The number of nitrogens with zero attached hydrogens (tertiary/aromatic N) is 3. The largest absolute Gasteiger partial charge is 0.352 e. The molecule has 1 aromatic carbocycles. The fourth-order valence-corrected chi connectivity index (χ4v) is 3.43. The van der Waals surface area contributed by atoms with Crippen molar-refractivity contribution >= 4 is 33.4 Å². The monoisotopic (exact) mass is 474 g/mol. The quantitative estimate of drug-likeness (QED) is 0.568. The fraction of sp³-hybridized carbons (Fsp3) is 0.238. The lowest BCUT2D eigenvalue weighted by molar-refractivity contribution is -0.120. The van der Waals surface area contributed by atoms with Crippen LogP contribution in [0.4, 0.5) is 0 Å². The highest BCUT2D eigenvalue weighted by atomic mass is 79.9. The second-order valence-electron chi connectivity index (χ2n) is 6.59. The maximum Gasteiger partial charge on any atom is 0.270 e. The van der Waals surface area contributed by atoms with Gasteiger partial charge in [-0.1, -0.05) is 33.6 Å². The van der Waals surface area contributed by atoms with E-state index in [2.05, 4.69) is 31.3 Å². The lowest BCUT2D eigenvalue weighted by atomic mass is 10.1. The number of halogens is 2. The number of carbonyl (C=O) groups is 1. The number of pyridine rings is 1. The van der Waals surface area contributed by atoms with Gasteiger partial charge in [-0.2, -0.15) is 5.10 Å². The van der Waals surface area contributed by atoms with E-state index in [0.29, 0.717) is 35.7 Å². The Bertz CT molecular complexity index is 1070. The first kappa shape index (κ1) is 21.2. The molecule has 0 aliphatic heterocycles. The predicted octanol–water partition coefficient (Wildman–Crippen LogP) is 3.46. The molecule has 2 heterocycles. The Morgan fingerprint density at radius 3 is 2.86 bits per heavy atom. The van der Waals surface area contributed by atoms with Crippen LogP contribution in [-0.2, 0) is 30.7 Å². The number of aromatic nitrogens is 3. The number of aryl methyl sites for hydroxylation is 3. The van der Waals surface area contributed by atoms with Gasteiger partial charge >= 0.3 is 0 Å². The molecule has 0 spiro atoms. The first-order chi connectivity index (χ1) is 13.9. The van der Waals surface area contributed by atoms with Crippen LogP contribution in [0.15, 0.2) is 58.1 Å². The molecule has 29 heavy (non-hydrogen) atoms. The standard InChI is InChI=1S/C21H20BrClN4O2/c1-14-12-26-27(9-7-17-4-2-3-8-24-17)21(29)18(14)11-20(28)25-13-15-10-16(23)5-6-19(15)22/h2-6,8,10,12H,7,9,11,13H2,1H3,(H,25,28). The lowest BCUT2D eigenvalue weighted by Gasteiger charge is -2.11. The molecule has 0 bridgehead atoms. The summed E-state index contributed by atoms with van der Waals surface area (Å²) in [6.07, 6.45) is 3.92. The van der Waals surface area contributed by atoms with E-state index in [9.17, 15) is 9.59 Å². The van der Waals surface area contributed by atoms with Gasteiger partial charge in [-0.15, -0.1) is 0 Å². The van der Waals surface area contributed by atoms with E-state index in [0.717, 1.165) is 15.7 Å². The zero-order valence-electron chi connectivity index (χ0n) is 15.9. The Morgan fingerprint density at radius 2 is 2.10 bits per heavy atom. The Hall–Kier alpha value is -2.51. The van der Waals surface area contributed by atoms with Gasteiger partial charge in [-0.05, 0) is 48.4 Å². The zero-order valence-corrected chi connectivity index (χ0v) is 18.2. The molecular weight excluding hydrogens is 456 g/mol. The first-order valence-corrected chi connectivity index (χ1v) is 10.3. The number of rotatable bonds is 7. The molecule has 3 aromatic rings. The molecule has 1 N–H and O–H groups in total. The number of nitrogens with one attached hydrogen (secondary N) is 1. The van der Waals surface area contributed by atoms with Gasteiger partial charge in [0.05, 0.1) is 19.2 Å². The van der Waals surface area contributed by atoms with Crippen LogP contribution in [0, 0.1) is 6.92 Å². The maximum absolute atomic E-state index is 12.8. The number of benzene rings is 1. The Kier molecular flexibility index (Phi) is 7.17. The number of amides is 1. The van der Waals surface area contributed by atoms with Crippen LogP contribution in [0.2, 0.25) is 5.02 Å². The van der Waals surface area contributed by atoms with E-state index in [4.69, 9.17) is 11.6 Å². The van der Waals surface area contributed by atoms with Crippen molar-refractivity contribution in [3.63, 3.8) is 0 Å². The summed E-state index contributed by atoms with van der Waals surface area (Å²) in [5.41, 5.74) is 2.64. The Balaban J connectivity index is 1.67. The maximum atomic E-state index is 12.8. The van der Waals surface area contributed by atoms with Gasteiger partial charge in [0.2, 0.25) is 5.91 Å². The van der Waals surface area contributed by atoms with Crippen molar-refractivity contribution in [3.8, 4) is 0 Å². The van der Waals surface area contributed by atoms with Crippen LogP contribution in [0.5, 0.6) is 0 Å². The Morgan fingerprint density at radius 1 is 1.28 bits per heavy atom. The van der Waals surface area contributed by atoms with E-state index in [1.807, 2.05) is 24.3 Å². The third-order valence-electron chi connectivity index (χ3n) is 4.49. The molecule has 0 aliphatic carbocycles. The minimum Gasteiger partial charge on any atom is -0.352 e. The van der Waals surface area contributed by atoms with Gasteiger partial charge in [0.1, 0.15) is 0 Å². The number of hydrogen-bond donors (Lipinski definition) is 1. The van der Waals surface area contributed by atoms with Crippen molar-refractivity contribution in [2.24, 2.45) is 0 Å². The molecule has 2 aromatic heterocycles. The highest BCUT2D eigenvalue weighted by Gasteiger charge is 2.13. The minimum absolute atomic E-state index is 0.00500. The van der Waals surface area contributed by atoms with E-state index in [1.165, 1.54) is 4.68 Å². The molecule has 1 amide bonds. The average Bonchev–Trinajstić information content (AvgIpc) is 2.72. The summed E-state index contributed by atoms with van der Waals surface area (Å²) < 4.78 is 2.25. The lowest BCUT2D eigenvalue weighted by Crippen LogP contribution is -2.32. The molecule has 3 rings (SSSR count). The van der Waals surface area contributed by atoms with Crippen LogP contribution in [0.3, 0.4) is 0 Å². The van der Waals surface area contributed by atoms with Crippen molar-refractivity contribution in [1.29, 1.82) is 0 Å². The molecule has 0 aliphatic rings. The van der Waals surface area contributed by atoms with Crippen molar-refractivity contribution in [1.82, 2.24) is 20.1 Å². The Labute approximate surface area is 182 Å². The zero-order chi connectivity index (χ0) is 20.8. The molecule has 8 heteroatoms. The van der Waals surface area contributed by atoms with Crippen LogP contribution in [0.1, 0.15) is 22.4 Å². The van der Waals surface area contributed by atoms with Gasteiger partial charge in [0, 0.05) is 39.9 Å². The molecular formula is C21H20BrClN4O2. The summed E-state index contributed by atoms with van der Waals surface area (Å²) in [6.45, 7) is 2.51. The minimum atomic E-state index is -0.250. The number of carbonyl (C=O) groups excluding carboxylic acids is 1. The fourth-order valence-electron chi connectivity index (χ4n) is 2.85. The second-order valence-corrected chi connectivity index (χ2v) is 7.89. The molecule has 6 nitrogen and oxygen atoms in total. The van der Waals surface area contributed by atoms with E-state index < -0.39 is 0 Å². The van der Waals surface area contributed by atoms with E-state index >= 15 is 0 Å². The van der Waals surface area contributed by atoms with Crippen LogP contribution in [0.25, 0.3) is 0 Å². The van der Waals surface area contributed by atoms with Crippen molar-refractivity contribution in [2.75, 3.05) is 0 Å². The molecule has 150 valence electrons. The molecule has 0 saturated carbocycles. The van der Waals surface area contributed by atoms with E-state index in [-0.39, 0.29) is 17.9 Å². The molecule has 0 radical (unpaired) electrons. The summed E-state index contributed by atoms with van der Waals surface area (Å²) >= 11 is 9.45. The van der Waals surface area contributed by atoms with Gasteiger partial charge in [-0.3, -0.25) is 14.6 Å². The number of hydrogen-bond acceptors (Lipinski definition) is 4. The normalized spacial score (nSPS) is 10.7. The van der Waals surface area contributed by atoms with Gasteiger partial charge in [0.25, 0.3) is 5.56 Å². The predicted molar refractivity (Wildman–Crippen MR) is 116 cm³/mol. The highest BCUT2D eigenvalue weighted by Crippen LogP contribution is 2.21.